The van der Waals surface area contributed by atoms with E-state index in [4.69, 9.17) is 16.1 Å². The number of rotatable bonds is 7. The van der Waals surface area contributed by atoms with Gasteiger partial charge in [-0.05, 0) is 31.4 Å². The van der Waals surface area contributed by atoms with Crippen molar-refractivity contribution in [2.24, 2.45) is 0 Å². The van der Waals surface area contributed by atoms with Crippen LogP contribution in [0.5, 0.6) is 0 Å². The van der Waals surface area contributed by atoms with Crippen LogP contribution in [-0.2, 0) is 6.42 Å². The SMILES string of the molecule is CCCCc1ccc(-c2csc(NC(=O)c3c(-c4ccccc4Cl)noc3C)n2)cc1. The number of carbonyl (C=O) groups excluding carboxylic acids is 1. The molecule has 0 aliphatic rings. The number of hydrogen-bond donors (Lipinski definition) is 1. The van der Waals surface area contributed by atoms with Gasteiger partial charge >= 0.3 is 0 Å². The van der Waals surface area contributed by atoms with Crippen LogP contribution < -0.4 is 5.32 Å². The van der Waals surface area contributed by atoms with Gasteiger partial charge in [-0.15, -0.1) is 11.3 Å². The number of benzene rings is 2. The van der Waals surface area contributed by atoms with Crippen LogP contribution in [0.2, 0.25) is 5.02 Å². The normalized spacial score (nSPS) is 10.9. The average Bonchev–Trinajstić information content (AvgIpc) is 3.39. The molecule has 1 amide bonds. The number of halogens is 1. The molecule has 0 radical (unpaired) electrons. The van der Waals surface area contributed by atoms with Gasteiger partial charge in [-0.2, -0.15) is 0 Å². The second-order valence-electron chi connectivity index (χ2n) is 7.23. The van der Waals surface area contributed by atoms with Crippen LogP contribution in [0.1, 0.15) is 41.4 Å². The summed E-state index contributed by atoms with van der Waals surface area (Å²) in [5.74, 6) is 0.0938. The molecule has 0 aliphatic carbocycles. The van der Waals surface area contributed by atoms with E-state index in [9.17, 15) is 4.79 Å². The fraction of sp³-hybridized carbons (Fsp3) is 0.208. The van der Waals surface area contributed by atoms with Crippen LogP contribution in [0.25, 0.3) is 22.5 Å². The van der Waals surface area contributed by atoms with Gasteiger partial charge in [0.2, 0.25) is 0 Å². The van der Waals surface area contributed by atoms with E-state index >= 15 is 0 Å². The molecule has 1 N–H and O–H groups in total. The number of aromatic nitrogens is 2. The average molecular weight is 452 g/mol. The molecule has 0 atom stereocenters. The summed E-state index contributed by atoms with van der Waals surface area (Å²) >= 11 is 7.67. The van der Waals surface area contributed by atoms with E-state index in [1.165, 1.54) is 29.7 Å². The van der Waals surface area contributed by atoms with E-state index in [0.717, 1.165) is 17.7 Å². The number of hydrogen-bond acceptors (Lipinski definition) is 5. The minimum absolute atomic E-state index is 0.329. The number of thiazole rings is 1. The Kier molecular flexibility index (Phi) is 6.49. The first-order chi connectivity index (χ1) is 15.1. The standard InChI is InChI=1S/C24H22ClN3O2S/c1-3-4-7-16-10-12-17(13-11-16)20-14-31-24(26-20)27-23(29)21-15(2)30-28-22(21)18-8-5-6-9-19(18)25/h5-6,8-14H,3-4,7H2,1-2H3,(H,26,27,29). The predicted octanol–water partition coefficient (Wildman–Crippen LogP) is 7.02. The van der Waals surface area contributed by atoms with Gasteiger partial charge in [-0.1, -0.05) is 72.6 Å². The monoisotopic (exact) mass is 451 g/mol. The molecule has 2 heterocycles. The van der Waals surface area contributed by atoms with Gasteiger partial charge in [0.05, 0.1) is 10.7 Å². The van der Waals surface area contributed by atoms with Gasteiger partial charge < -0.3 is 4.52 Å². The number of unbranched alkanes of at least 4 members (excludes halogenated alkanes) is 1. The second-order valence-corrected chi connectivity index (χ2v) is 8.50. The summed E-state index contributed by atoms with van der Waals surface area (Å²) in [7, 11) is 0. The highest BCUT2D eigenvalue weighted by atomic mass is 35.5. The molecule has 0 saturated heterocycles. The van der Waals surface area contributed by atoms with Crippen molar-refractivity contribution in [1.29, 1.82) is 0 Å². The number of carbonyl (C=O) groups is 1. The van der Waals surface area contributed by atoms with Gasteiger partial charge in [0, 0.05) is 16.5 Å². The first-order valence-electron chi connectivity index (χ1n) is 10.1. The van der Waals surface area contributed by atoms with Crippen molar-refractivity contribution in [3.63, 3.8) is 0 Å². The molecule has 4 rings (SSSR count). The van der Waals surface area contributed by atoms with Crippen LogP contribution in [0.4, 0.5) is 5.13 Å². The third kappa shape index (κ3) is 4.70. The Balaban J connectivity index is 1.53. The number of nitrogens with zero attached hydrogens (tertiary/aromatic N) is 2. The van der Waals surface area contributed by atoms with Gasteiger partial charge in [-0.3, -0.25) is 10.1 Å². The van der Waals surface area contributed by atoms with Crippen LogP contribution in [-0.4, -0.2) is 16.0 Å². The lowest BCUT2D eigenvalue weighted by molar-refractivity contribution is 0.102. The maximum Gasteiger partial charge on any atom is 0.263 e. The predicted molar refractivity (Wildman–Crippen MR) is 126 cm³/mol. The van der Waals surface area contributed by atoms with Gasteiger partial charge in [-0.25, -0.2) is 4.98 Å². The summed E-state index contributed by atoms with van der Waals surface area (Å²) < 4.78 is 5.29. The van der Waals surface area contributed by atoms with Crippen LogP contribution in [0.3, 0.4) is 0 Å². The number of nitrogens with one attached hydrogen (secondary N) is 1. The Bertz CT molecular complexity index is 1200. The lowest BCUT2D eigenvalue weighted by Gasteiger charge is -2.04. The smallest absolute Gasteiger partial charge is 0.263 e. The summed E-state index contributed by atoms with van der Waals surface area (Å²) in [6, 6.07) is 15.7. The van der Waals surface area contributed by atoms with E-state index < -0.39 is 0 Å². The maximum atomic E-state index is 13.0. The first-order valence-corrected chi connectivity index (χ1v) is 11.4. The Morgan fingerprint density at radius 1 is 1.16 bits per heavy atom. The zero-order chi connectivity index (χ0) is 21.8. The quantitative estimate of drug-likeness (QED) is 0.327. The molecule has 0 bridgehead atoms. The van der Waals surface area contributed by atoms with Crippen molar-refractivity contribution in [3.05, 3.63) is 75.8 Å². The molecule has 31 heavy (non-hydrogen) atoms. The Morgan fingerprint density at radius 2 is 1.94 bits per heavy atom. The molecule has 4 aromatic rings. The molecule has 0 spiro atoms. The number of anilines is 1. The van der Waals surface area contributed by atoms with E-state index in [2.05, 4.69) is 46.6 Å². The lowest BCUT2D eigenvalue weighted by atomic mass is 10.1. The Hall–Kier alpha value is -2.96. The molecule has 0 aliphatic heterocycles. The lowest BCUT2D eigenvalue weighted by Crippen LogP contribution is -2.13. The molecule has 5 nitrogen and oxygen atoms in total. The first kappa shape index (κ1) is 21.3. The molecule has 0 fully saturated rings. The van der Waals surface area contributed by atoms with Crippen molar-refractivity contribution in [2.75, 3.05) is 5.32 Å². The highest BCUT2D eigenvalue weighted by Gasteiger charge is 2.23. The number of amides is 1. The van der Waals surface area contributed by atoms with E-state index in [-0.39, 0.29) is 5.91 Å². The number of aryl methyl sites for hydroxylation is 2. The van der Waals surface area contributed by atoms with Gasteiger partial charge in [0.15, 0.2) is 5.13 Å². The highest BCUT2D eigenvalue weighted by molar-refractivity contribution is 7.14. The molecular weight excluding hydrogens is 430 g/mol. The van der Waals surface area contributed by atoms with Crippen LogP contribution in [0.15, 0.2) is 58.4 Å². The van der Waals surface area contributed by atoms with Crippen LogP contribution >= 0.6 is 22.9 Å². The van der Waals surface area contributed by atoms with Crippen molar-refractivity contribution in [2.45, 2.75) is 33.1 Å². The fourth-order valence-corrected chi connectivity index (χ4v) is 4.26. The minimum atomic E-state index is -0.329. The van der Waals surface area contributed by atoms with Gasteiger partial charge in [0.25, 0.3) is 5.91 Å². The fourth-order valence-electron chi connectivity index (χ4n) is 3.32. The largest absolute Gasteiger partial charge is 0.360 e. The van der Waals surface area contributed by atoms with Gasteiger partial charge in [0.1, 0.15) is 17.0 Å². The van der Waals surface area contributed by atoms with E-state index in [0.29, 0.717) is 32.7 Å². The summed E-state index contributed by atoms with van der Waals surface area (Å²) in [6.07, 6.45) is 3.45. The third-order valence-electron chi connectivity index (χ3n) is 5.01. The second kappa shape index (κ2) is 9.45. The molecule has 7 heteroatoms. The van der Waals surface area contributed by atoms with Crippen molar-refractivity contribution < 1.29 is 9.32 Å². The van der Waals surface area contributed by atoms with Crippen molar-refractivity contribution in [3.8, 4) is 22.5 Å². The molecule has 0 unspecified atom stereocenters. The zero-order valence-corrected chi connectivity index (χ0v) is 18.9. The molecular formula is C24H22ClN3O2S. The maximum absolute atomic E-state index is 13.0. The topological polar surface area (TPSA) is 68.0 Å². The van der Waals surface area contributed by atoms with E-state index in [1.807, 2.05) is 23.6 Å². The zero-order valence-electron chi connectivity index (χ0n) is 17.3. The minimum Gasteiger partial charge on any atom is -0.360 e. The third-order valence-corrected chi connectivity index (χ3v) is 6.10. The molecule has 158 valence electrons. The van der Waals surface area contributed by atoms with Crippen LogP contribution in [0, 0.1) is 6.92 Å². The molecule has 2 aromatic carbocycles. The summed E-state index contributed by atoms with van der Waals surface area (Å²) in [4.78, 5) is 17.6. The highest BCUT2D eigenvalue weighted by Crippen LogP contribution is 2.32. The Labute approximate surface area is 190 Å². The molecule has 2 aromatic heterocycles. The summed E-state index contributed by atoms with van der Waals surface area (Å²) in [5, 5.41) is 9.88. The summed E-state index contributed by atoms with van der Waals surface area (Å²) in [5.41, 5.74) is 4.59. The Morgan fingerprint density at radius 3 is 2.68 bits per heavy atom. The van der Waals surface area contributed by atoms with E-state index in [1.54, 1.807) is 13.0 Å². The molecule has 0 saturated carbocycles. The summed E-state index contributed by atoms with van der Waals surface area (Å²) in [6.45, 7) is 3.90. The van der Waals surface area contributed by atoms with Crippen molar-refractivity contribution >= 4 is 34.0 Å². The van der Waals surface area contributed by atoms with Crippen molar-refractivity contribution in [1.82, 2.24) is 10.1 Å².